The van der Waals surface area contributed by atoms with Gasteiger partial charge >= 0.3 is 0 Å². The topological polar surface area (TPSA) is 38.3 Å². The highest BCUT2D eigenvalue weighted by Crippen LogP contribution is 2.03. The summed E-state index contributed by atoms with van der Waals surface area (Å²) in [5, 5.41) is 11.3. The third-order valence-electron chi connectivity index (χ3n) is 1.23. The molecule has 0 aromatic heterocycles. The highest BCUT2D eigenvalue weighted by atomic mass is 16.5. The van der Waals surface area contributed by atoms with Gasteiger partial charge in [-0.2, -0.15) is 0 Å². The third kappa shape index (κ3) is 0.907. The van der Waals surface area contributed by atoms with E-state index in [1.165, 1.54) is 0 Å². The first-order chi connectivity index (χ1) is 3.30. The lowest BCUT2D eigenvalue weighted by Crippen LogP contribution is -2.28. The van der Waals surface area contributed by atoms with Crippen molar-refractivity contribution in [1.29, 1.82) is 0 Å². The molecule has 0 saturated carbocycles. The Morgan fingerprint density at radius 2 is 2.57 bits per heavy atom. The van der Waals surface area contributed by atoms with Crippen LogP contribution in [0.4, 0.5) is 0 Å². The van der Waals surface area contributed by atoms with Crippen LogP contribution in [0.1, 0.15) is 13.3 Å². The summed E-state index contributed by atoms with van der Waals surface area (Å²) in [5.41, 5.74) is 2.65. The Morgan fingerprint density at radius 1 is 1.86 bits per heavy atom. The summed E-state index contributed by atoms with van der Waals surface area (Å²) in [6.07, 6.45) is 0.976. The molecule has 0 radical (unpaired) electrons. The zero-order chi connectivity index (χ0) is 5.28. The van der Waals surface area contributed by atoms with Crippen LogP contribution in [0.5, 0.6) is 0 Å². The fourth-order valence-electron chi connectivity index (χ4n) is 0.657. The van der Waals surface area contributed by atoms with Gasteiger partial charge in [-0.15, -0.1) is 0 Å². The summed E-state index contributed by atoms with van der Waals surface area (Å²) >= 11 is 0. The van der Waals surface area contributed by atoms with Gasteiger partial charge in [0.2, 0.25) is 0 Å². The number of hydrogen-bond acceptors (Lipinski definition) is 3. The minimum absolute atomic E-state index is 0.181. The van der Waals surface area contributed by atoms with Gasteiger partial charge in [0.25, 0.3) is 0 Å². The molecule has 1 saturated heterocycles. The molecule has 0 aromatic rings. The third-order valence-corrected chi connectivity index (χ3v) is 1.23. The highest BCUT2D eigenvalue weighted by molar-refractivity contribution is 4.70. The molecule has 0 aliphatic carbocycles. The summed E-state index contributed by atoms with van der Waals surface area (Å²) < 4.78 is 0. The lowest BCUT2D eigenvalue weighted by atomic mass is 10.3. The van der Waals surface area contributed by atoms with Gasteiger partial charge in [0.15, 0.2) is 0 Å². The molecule has 0 spiro atoms. The number of rotatable bonds is 0. The van der Waals surface area contributed by atoms with Crippen molar-refractivity contribution in [3.63, 3.8) is 0 Å². The summed E-state index contributed by atoms with van der Waals surface area (Å²) in [7, 11) is 0. The molecule has 1 N–H and O–H groups in total. The Balaban J connectivity index is 2.33. The van der Waals surface area contributed by atoms with Crippen molar-refractivity contribution < 1.29 is 0 Å². The van der Waals surface area contributed by atoms with E-state index < -0.39 is 0 Å². The number of nitrogens with zero attached hydrogens (tertiary/aromatic N) is 1. The van der Waals surface area contributed by atoms with E-state index in [2.05, 4.69) is 5.43 Å². The van der Waals surface area contributed by atoms with E-state index in [0.717, 1.165) is 18.1 Å². The minimum atomic E-state index is 0.181. The summed E-state index contributed by atoms with van der Waals surface area (Å²) in [6, 6.07) is 0.181. The zero-order valence-electron chi connectivity index (χ0n) is 4.35. The monoisotopic (exact) mass is 101 g/mol. The number of hydrogen-bond donors (Lipinski definition) is 1. The first-order valence-corrected chi connectivity index (χ1v) is 2.50. The molecule has 1 rings (SSSR count). The first-order valence-electron chi connectivity index (χ1n) is 2.50. The second-order valence-electron chi connectivity index (χ2n) is 1.87. The van der Waals surface area contributed by atoms with E-state index in [0.29, 0.717) is 0 Å². The van der Waals surface area contributed by atoms with Gasteiger partial charge in [-0.05, 0) is 13.3 Å². The average Bonchev–Trinajstić information content (AvgIpc) is 1.91. The van der Waals surface area contributed by atoms with Gasteiger partial charge in [-0.1, -0.05) is 0 Å². The van der Waals surface area contributed by atoms with E-state index in [1.807, 2.05) is 6.92 Å². The molecule has 7 heavy (non-hydrogen) atoms. The van der Waals surface area contributed by atoms with E-state index in [9.17, 15) is 5.21 Å². The summed E-state index contributed by atoms with van der Waals surface area (Å²) in [4.78, 5) is 0. The molecular formula is C4H9N2O-. The Morgan fingerprint density at radius 3 is 2.71 bits per heavy atom. The van der Waals surface area contributed by atoms with Crippen molar-refractivity contribution in [1.82, 2.24) is 10.6 Å². The van der Waals surface area contributed by atoms with Crippen LogP contribution in [0.15, 0.2) is 0 Å². The molecule has 1 unspecified atom stereocenters. The molecule has 1 atom stereocenters. The Hall–Kier alpha value is -0.120. The van der Waals surface area contributed by atoms with Crippen LogP contribution in [0, 0.1) is 5.21 Å². The van der Waals surface area contributed by atoms with Crippen LogP contribution in [0.25, 0.3) is 0 Å². The number of nitrogens with one attached hydrogen (secondary N) is 1. The first kappa shape index (κ1) is 5.03. The van der Waals surface area contributed by atoms with E-state index in [1.54, 1.807) is 0 Å². The highest BCUT2D eigenvalue weighted by Gasteiger charge is 2.09. The van der Waals surface area contributed by atoms with E-state index in [-0.39, 0.29) is 6.04 Å². The maximum absolute atomic E-state index is 10.4. The van der Waals surface area contributed by atoms with Gasteiger partial charge in [-0.25, -0.2) is 0 Å². The van der Waals surface area contributed by atoms with Gasteiger partial charge in [0, 0.05) is 12.6 Å². The number of hydroxylamine groups is 1. The average molecular weight is 101 g/mol. The maximum Gasteiger partial charge on any atom is 0.0107 e. The SMILES string of the molecule is CC1CCNN1[O-]. The van der Waals surface area contributed by atoms with Crippen LogP contribution in [-0.2, 0) is 0 Å². The van der Waals surface area contributed by atoms with Gasteiger partial charge in [0.05, 0.1) is 0 Å². The molecule has 0 aromatic carbocycles. The molecule has 1 fully saturated rings. The van der Waals surface area contributed by atoms with Gasteiger partial charge in [-0.3, -0.25) is 5.43 Å². The smallest absolute Gasteiger partial charge is 0.0107 e. The Bertz CT molecular complexity index is 58.7. The predicted octanol–water partition coefficient (Wildman–Crippen LogP) is 0.0830. The second kappa shape index (κ2) is 1.78. The quantitative estimate of drug-likeness (QED) is 0.469. The summed E-state index contributed by atoms with van der Waals surface area (Å²) in [5.74, 6) is 0. The van der Waals surface area contributed by atoms with Gasteiger partial charge < -0.3 is 10.4 Å². The lowest BCUT2D eigenvalue weighted by molar-refractivity contribution is 0.291. The van der Waals surface area contributed by atoms with Crippen molar-refractivity contribution in [2.24, 2.45) is 0 Å². The van der Waals surface area contributed by atoms with Crippen molar-refractivity contribution >= 4 is 0 Å². The molecule has 3 heteroatoms. The van der Waals surface area contributed by atoms with E-state index in [4.69, 9.17) is 0 Å². The molecule has 0 bridgehead atoms. The lowest BCUT2D eigenvalue weighted by Gasteiger charge is -2.25. The van der Waals surface area contributed by atoms with Crippen molar-refractivity contribution in [2.45, 2.75) is 19.4 Å². The molecule has 0 amide bonds. The van der Waals surface area contributed by atoms with Crippen LogP contribution < -0.4 is 5.43 Å². The Kier molecular flexibility index (Phi) is 1.27. The fraction of sp³-hybridized carbons (Fsp3) is 1.00. The molecular weight excluding hydrogens is 92.1 g/mol. The van der Waals surface area contributed by atoms with Crippen molar-refractivity contribution in [2.75, 3.05) is 6.54 Å². The molecule has 1 aliphatic heterocycles. The number of hydrazine groups is 1. The summed E-state index contributed by atoms with van der Waals surface area (Å²) in [6.45, 7) is 2.75. The molecule has 1 heterocycles. The van der Waals surface area contributed by atoms with Gasteiger partial charge in [0.1, 0.15) is 0 Å². The zero-order valence-corrected chi connectivity index (χ0v) is 4.35. The minimum Gasteiger partial charge on any atom is -0.771 e. The Labute approximate surface area is 42.9 Å². The molecule has 1 aliphatic rings. The second-order valence-corrected chi connectivity index (χ2v) is 1.87. The predicted molar refractivity (Wildman–Crippen MR) is 27.3 cm³/mol. The van der Waals surface area contributed by atoms with Crippen molar-refractivity contribution in [3.05, 3.63) is 5.21 Å². The normalized spacial score (nSPS) is 34.3. The maximum atomic E-state index is 10.4. The standard InChI is InChI=1S/C4H9N2O/c1-4-2-3-5-6(4)7/h4-5H,2-3H2,1H3/q-1. The van der Waals surface area contributed by atoms with Crippen LogP contribution in [-0.4, -0.2) is 17.8 Å². The van der Waals surface area contributed by atoms with Crippen LogP contribution in [0.2, 0.25) is 0 Å². The fourth-order valence-corrected chi connectivity index (χ4v) is 0.657. The van der Waals surface area contributed by atoms with Crippen molar-refractivity contribution in [3.8, 4) is 0 Å². The van der Waals surface area contributed by atoms with Crippen LogP contribution in [0.3, 0.4) is 0 Å². The largest absolute Gasteiger partial charge is 0.771 e. The molecule has 42 valence electrons. The molecule has 3 nitrogen and oxygen atoms in total. The van der Waals surface area contributed by atoms with Crippen LogP contribution >= 0.6 is 0 Å². The van der Waals surface area contributed by atoms with E-state index >= 15 is 0 Å².